The summed E-state index contributed by atoms with van der Waals surface area (Å²) in [6, 6.07) is 4.68. The van der Waals surface area contributed by atoms with Crippen LogP contribution >= 0.6 is 0 Å². The van der Waals surface area contributed by atoms with E-state index in [4.69, 9.17) is 5.11 Å². The summed E-state index contributed by atoms with van der Waals surface area (Å²) in [4.78, 5) is 34.5. The number of rotatable bonds is 4. The number of carbonyl (C=O) groups is 2. The van der Waals surface area contributed by atoms with Gasteiger partial charge in [-0.15, -0.1) is 0 Å². The molecule has 1 unspecified atom stereocenters. The molecule has 0 saturated carbocycles. The first-order valence-corrected chi connectivity index (χ1v) is 6.13. The Hall–Kier alpha value is -2.44. The quantitative estimate of drug-likeness (QED) is 0.661. The van der Waals surface area contributed by atoms with Gasteiger partial charge in [0.2, 0.25) is 5.91 Å². The van der Waals surface area contributed by atoms with Crippen LogP contribution in [0.2, 0.25) is 0 Å². The first-order valence-electron chi connectivity index (χ1n) is 6.13. The molecule has 1 aliphatic rings. The second kappa shape index (κ2) is 5.28. The van der Waals surface area contributed by atoms with E-state index in [1.165, 1.54) is 11.0 Å². The molecule has 0 spiro atoms. The van der Waals surface area contributed by atoms with Gasteiger partial charge in [0.25, 0.3) is 5.69 Å². The Morgan fingerprint density at radius 3 is 2.80 bits per heavy atom. The zero-order chi connectivity index (χ0) is 14.9. The number of hydrogen-bond donors (Lipinski definition) is 1. The van der Waals surface area contributed by atoms with Crippen LogP contribution in [0.15, 0.2) is 18.2 Å². The van der Waals surface area contributed by atoms with Crippen LogP contribution in [0.3, 0.4) is 0 Å². The van der Waals surface area contributed by atoms with E-state index in [2.05, 4.69) is 0 Å². The zero-order valence-electron chi connectivity index (χ0n) is 10.9. The van der Waals surface area contributed by atoms with Crippen molar-refractivity contribution in [2.24, 2.45) is 5.92 Å². The lowest BCUT2D eigenvalue weighted by Gasteiger charge is -2.17. The van der Waals surface area contributed by atoms with Gasteiger partial charge in [-0.1, -0.05) is 12.1 Å². The highest BCUT2D eigenvalue weighted by Crippen LogP contribution is 2.25. The Morgan fingerprint density at radius 1 is 1.55 bits per heavy atom. The fourth-order valence-corrected chi connectivity index (χ4v) is 2.34. The van der Waals surface area contributed by atoms with Gasteiger partial charge in [-0.25, -0.2) is 0 Å². The van der Waals surface area contributed by atoms with E-state index in [9.17, 15) is 19.7 Å². The van der Waals surface area contributed by atoms with Crippen molar-refractivity contribution in [3.05, 3.63) is 39.4 Å². The molecule has 1 aromatic carbocycles. The molecule has 2 rings (SSSR count). The fourth-order valence-electron chi connectivity index (χ4n) is 2.34. The molecule has 1 aliphatic heterocycles. The molecule has 7 heteroatoms. The van der Waals surface area contributed by atoms with Crippen LogP contribution in [0.1, 0.15) is 17.5 Å². The minimum absolute atomic E-state index is 0.00364. The van der Waals surface area contributed by atoms with Gasteiger partial charge in [0.15, 0.2) is 0 Å². The monoisotopic (exact) mass is 278 g/mol. The minimum Gasteiger partial charge on any atom is -0.481 e. The van der Waals surface area contributed by atoms with E-state index >= 15 is 0 Å². The molecular formula is C13H14N2O5. The fraction of sp³-hybridized carbons (Fsp3) is 0.385. The lowest BCUT2D eigenvalue weighted by molar-refractivity contribution is -0.385. The topological polar surface area (TPSA) is 101 Å². The van der Waals surface area contributed by atoms with E-state index in [1.807, 2.05) is 0 Å². The first-order chi connectivity index (χ1) is 9.40. The molecule has 0 bridgehead atoms. The number of carboxylic acids is 1. The van der Waals surface area contributed by atoms with Crippen molar-refractivity contribution in [3.63, 3.8) is 0 Å². The molecule has 0 aliphatic carbocycles. The van der Waals surface area contributed by atoms with Gasteiger partial charge in [-0.05, 0) is 12.5 Å². The molecular weight excluding hydrogens is 264 g/mol. The summed E-state index contributed by atoms with van der Waals surface area (Å²) < 4.78 is 0. The number of amides is 1. The van der Waals surface area contributed by atoms with Gasteiger partial charge in [-0.2, -0.15) is 0 Å². The van der Waals surface area contributed by atoms with E-state index in [1.54, 1.807) is 19.1 Å². The van der Waals surface area contributed by atoms with Gasteiger partial charge in [0, 0.05) is 31.1 Å². The molecule has 106 valence electrons. The Kier molecular flexibility index (Phi) is 3.69. The number of hydrogen-bond acceptors (Lipinski definition) is 4. The van der Waals surface area contributed by atoms with Gasteiger partial charge in [0.1, 0.15) is 0 Å². The summed E-state index contributed by atoms with van der Waals surface area (Å²) in [6.45, 7) is 1.98. The van der Waals surface area contributed by atoms with Crippen LogP contribution in [0, 0.1) is 23.0 Å². The zero-order valence-corrected chi connectivity index (χ0v) is 10.9. The average molecular weight is 278 g/mol. The van der Waals surface area contributed by atoms with Crippen LogP contribution < -0.4 is 0 Å². The van der Waals surface area contributed by atoms with Crippen LogP contribution in [-0.4, -0.2) is 33.4 Å². The third kappa shape index (κ3) is 2.61. The summed E-state index contributed by atoms with van der Waals surface area (Å²) in [7, 11) is 0. The van der Waals surface area contributed by atoms with Crippen molar-refractivity contribution in [1.82, 2.24) is 4.90 Å². The lowest BCUT2D eigenvalue weighted by atomic mass is 10.1. The van der Waals surface area contributed by atoms with Crippen molar-refractivity contribution in [2.45, 2.75) is 19.9 Å². The first kappa shape index (κ1) is 14.0. The molecule has 1 atom stereocenters. The third-order valence-electron chi connectivity index (χ3n) is 3.54. The van der Waals surface area contributed by atoms with Crippen LogP contribution in [-0.2, 0) is 16.1 Å². The highest BCUT2D eigenvalue weighted by Gasteiger charge is 2.34. The second-order valence-electron chi connectivity index (χ2n) is 4.83. The Morgan fingerprint density at radius 2 is 2.25 bits per heavy atom. The normalized spacial score (nSPS) is 18.4. The summed E-state index contributed by atoms with van der Waals surface area (Å²) in [5.41, 5.74) is 1.17. The smallest absolute Gasteiger partial charge is 0.308 e. The molecule has 0 aromatic heterocycles. The van der Waals surface area contributed by atoms with Gasteiger partial charge in [-0.3, -0.25) is 19.7 Å². The number of nitro groups is 1. The average Bonchev–Trinajstić information content (AvgIpc) is 2.73. The van der Waals surface area contributed by atoms with Gasteiger partial charge < -0.3 is 10.0 Å². The van der Waals surface area contributed by atoms with Crippen molar-refractivity contribution in [2.75, 3.05) is 6.54 Å². The Bertz CT molecular complexity index is 584. The summed E-state index contributed by atoms with van der Waals surface area (Å²) in [5, 5.41) is 19.8. The standard InChI is InChI=1S/C13H14N2O5/c1-8-9(3-2-4-11(8)15(19)20)6-14-7-10(13(17)18)5-12(14)16/h2-4,10H,5-7H2,1H3,(H,17,18). The van der Waals surface area contributed by atoms with Crippen molar-refractivity contribution in [3.8, 4) is 0 Å². The molecule has 0 radical (unpaired) electrons. The molecule has 1 N–H and O–H groups in total. The SMILES string of the molecule is Cc1c(CN2CC(C(=O)O)CC2=O)cccc1[N+](=O)[O-]. The maximum Gasteiger partial charge on any atom is 0.308 e. The minimum atomic E-state index is -0.989. The number of aliphatic carboxylic acids is 1. The lowest BCUT2D eigenvalue weighted by Crippen LogP contribution is -2.26. The number of carbonyl (C=O) groups excluding carboxylic acids is 1. The third-order valence-corrected chi connectivity index (χ3v) is 3.54. The number of benzene rings is 1. The molecule has 1 amide bonds. The molecule has 1 saturated heterocycles. The largest absolute Gasteiger partial charge is 0.481 e. The van der Waals surface area contributed by atoms with Crippen molar-refractivity contribution in [1.29, 1.82) is 0 Å². The molecule has 1 heterocycles. The maximum absolute atomic E-state index is 11.8. The maximum atomic E-state index is 11.8. The molecule has 20 heavy (non-hydrogen) atoms. The van der Waals surface area contributed by atoms with E-state index in [0.29, 0.717) is 11.1 Å². The highest BCUT2D eigenvalue weighted by molar-refractivity contribution is 5.86. The van der Waals surface area contributed by atoms with E-state index in [-0.39, 0.29) is 31.1 Å². The summed E-state index contributed by atoms with van der Waals surface area (Å²) >= 11 is 0. The molecule has 7 nitrogen and oxygen atoms in total. The number of carboxylic acid groups (broad SMARTS) is 1. The Labute approximate surface area is 115 Å². The highest BCUT2D eigenvalue weighted by atomic mass is 16.6. The predicted octanol–water partition coefficient (Wildman–Crippen LogP) is 1.34. The van der Waals surface area contributed by atoms with E-state index in [0.717, 1.165) is 0 Å². The van der Waals surface area contributed by atoms with Crippen molar-refractivity contribution >= 4 is 17.6 Å². The number of likely N-dealkylation sites (tertiary alicyclic amines) is 1. The Balaban J connectivity index is 2.19. The van der Waals surface area contributed by atoms with Crippen LogP contribution in [0.25, 0.3) is 0 Å². The van der Waals surface area contributed by atoms with Gasteiger partial charge >= 0.3 is 5.97 Å². The second-order valence-corrected chi connectivity index (χ2v) is 4.83. The van der Waals surface area contributed by atoms with Crippen molar-refractivity contribution < 1.29 is 19.6 Å². The molecule has 1 fully saturated rings. The number of nitro benzene ring substituents is 1. The number of nitrogens with zero attached hydrogens (tertiary/aromatic N) is 2. The van der Waals surface area contributed by atoms with E-state index < -0.39 is 16.8 Å². The summed E-state index contributed by atoms with van der Waals surface area (Å²) in [5.74, 6) is -1.92. The predicted molar refractivity (Wildman–Crippen MR) is 69.0 cm³/mol. The van der Waals surface area contributed by atoms with Gasteiger partial charge in [0.05, 0.1) is 10.8 Å². The van der Waals surface area contributed by atoms with Crippen LogP contribution in [0.5, 0.6) is 0 Å². The summed E-state index contributed by atoms with van der Waals surface area (Å²) in [6.07, 6.45) is -0.0106. The molecule has 1 aromatic rings. The van der Waals surface area contributed by atoms with Crippen LogP contribution in [0.4, 0.5) is 5.69 Å².